The van der Waals surface area contributed by atoms with Crippen LogP contribution in [0.3, 0.4) is 0 Å². The summed E-state index contributed by atoms with van der Waals surface area (Å²) in [6.45, 7) is 8.86. The Labute approximate surface area is 213 Å². The molecule has 0 aromatic heterocycles. The fourth-order valence-electron chi connectivity index (χ4n) is 4.99. The molecule has 5 heteroatoms. The second-order valence-electron chi connectivity index (χ2n) is 10.9. The average Bonchev–Trinajstić information content (AvgIpc) is 3.57. The molecule has 0 aliphatic heterocycles. The molecular formula is C31H35FO4. The van der Waals surface area contributed by atoms with Gasteiger partial charge >= 0.3 is 5.97 Å². The molecule has 0 heterocycles. The van der Waals surface area contributed by atoms with Crippen LogP contribution in [0.15, 0.2) is 60.7 Å². The maximum Gasteiger partial charge on any atom is 0.303 e. The number of ether oxygens (including phenoxy) is 2. The summed E-state index contributed by atoms with van der Waals surface area (Å²) in [7, 11) is 1.58. The molecule has 1 saturated carbocycles. The minimum absolute atomic E-state index is 0.00517. The number of benzene rings is 3. The maximum absolute atomic E-state index is 14.8. The zero-order valence-corrected chi connectivity index (χ0v) is 21.7. The van der Waals surface area contributed by atoms with E-state index in [-0.39, 0.29) is 23.6 Å². The highest BCUT2D eigenvalue weighted by Gasteiger charge is 2.41. The molecule has 0 unspecified atom stereocenters. The van der Waals surface area contributed by atoms with E-state index in [9.17, 15) is 14.3 Å². The van der Waals surface area contributed by atoms with Gasteiger partial charge in [0, 0.05) is 5.56 Å². The van der Waals surface area contributed by atoms with Gasteiger partial charge in [0.25, 0.3) is 0 Å². The zero-order chi connectivity index (χ0) is 26.0. The SMILES string of the molecule is COc1ccc(F)c(-c2ccc(COc3cccc([C@H](CC(=O)O)[C@H]4C[C@H]4C)c3)cc2C(C)(C)C)c1. The van der Waals surface area contributed by atoms with Crippen molar-refractivity contribution in [1.29, 1.82) is 0 Å². The number of methoxy groups -OCH3 is 1. The van der Waals surface area contributed by atoms with Gasteiger partial charge < -0.3 is 14.6 Å². The Bertz CT molecular complexity index is 1240. The van der Waals surface area contributed by atoms with Crippen molar-refractivity contribution in [1.82, 2.24) is 0 Å². The second kappa shape index (κ2) is 10.3. The van der Waals surface area contributed by atoms with E-state index in [2.05, 4.69) is 33.8 Å². The van der Waals surface area contributed by atoms with Crippen LogP contribution in [0.4, 0.5) is 4.39 Å². The van der Waals surface area contributed by atoms with Crippen molar-refractivity contribution in [3.8, 4) is 22.6 Å². The fourth-order valence-corrected chi connectivity index (χ4v) is 4.99. The lowest BCUT2D eigenvalue weighted by molar-refractivity contribution is -0.137. The smallest absolute Gasteiger partial charge is 0.303 e. The maximum atomic E-state index is 14.8. The van der Waals surface area contributed by atoms with E-state index < -0.39 is 5.97 Å². The van der Waals surface area contributed by atoms with Gasteiger partial charge in [0.15, 0.2) is 0 Å². The summed E-state index contributed by atoms with van der Waals surface area (Å²) in [6, 6.07) is 18.6. The quantitative estimate of drug-likeness (QED) is 0.336. The lowest BCUT2D eigenvalue weighted by Gasteiger charge is -2.25. The van der Waals surface area contributed by atoms with E-state index in [0.717, 1.165) is 34.4 Å². The van der Waals surface area contributed by atoms with E-state index in [1.165, 1.54) is 6.07 Å². The third-order valence-electron chi connectivity index (χ3n) is 7.13. The van der Waals surface area contributed by atoms with Crippen LogP contribution in [0.2, 0.25) is 0 Å². The summed E-state index contributed by atoms with van der Waals surface area (Å²) in [5.41, 5.74) is 4.15. The van der Waals surface area contributed by atoms with Gasteiger partial charge in [-0.15, -0.1) is 0 Å². The van der Waals surface area contributed by atoms with Crippen molar-refractivity contribution >= 4 is 5.97 Å². The summed E-state index contributed by atoms with van der Waals surface area (Å²) in [5, 5.41) is 9.41. The number of carboxylic acid groups (broad SMARTS) is 1. The molecule has 0 bridgehead atoms. The first-order valence-electron chi connectivity index (χ1n) is 12.5. The van der Waals surface area contributed by atoms with Crippen LogP contribution in [0, 0.1) is 17.7 Å². The van der Waals surface area contributed by atoms with Crippen LogP contribution in [-0.4, -0.2) is 18.2 Å². The fraction of sp³-hybridized carbons (Fsp3) is 0.387. The highest BCUT2D eigenvalue weighted by atomic mass is 19.1. The molecule has 4 nitrogen and oxygen atoms in total. The molecule has 0 spiro atoms. The second-order valence-corrected chi connectivity index (χ2v) is 10.9. The lowest BCUT2D eigenvalue weighted by Crippen LogP contribution is -2.14. The van der Waals surface area contributed by atoms with Gasteiger partial charge in [0.2, 0.25) is 0 Å². The van der Waals surface area contributed by atoms with Gasteiger partial charge in [-0.3, -0.25) is 4.79 Å². The number of aliphatic carboxylic acids is 1. The number of rotatable bonds is 9. The number of hydrogen-bond donors (Lipinski definition) is 1. The Morgan fingerprint density at radius 2 is 1.81 bits per heavy atom. The van der Waals surface area contributed by atoms with Gasteiger partial charge in [-0.2, -0.15) is 0 Å². The number of halogens is 1. The molecule has 3 aromatic carbocycles. The molecule has 0 radical (unpaired) electrons. The van der Waals surface area contributed by atoms with Crippen LogP contribution in [0.1, 0.15) is 63.1 Å². The van der Waals surface area contributed by atoms with Gasteiger partial charge in [0.05, 0.1) is 13.5 Å². The summed E-state index contributed by atoms with van der Waals surface area (Å²) < 4.78 is 26.2. The molecule has 1 aliphatic rings. The van der Waals surface area contributed by atoms with Crippen LogP contribution in [0.5, 0.6) is 11.5 Å². The molecule has 3 atom stereocenters. The monoisotopic (exact) mass is 490 g/mol. The van der Waals surface area contributed by atoms with Crippen molar-refractivity contribution in [2.75, 3.05) is 7.11 Å². The van der Waals surface area contributed by atoms with E-state index in [1.807, 2.05) is 36.4 Å². The van der Waals surface area contributed by atoms with Crippen LogP contribution < -0.4 is 9.47 Å². The van der Waals surface area contributed by atoms with E-state index in [4.69, 9.17) is 9.47 Å². The molecule has 0 amide bonds. The molecular weight excluding hydrogens is 455 g/mol. The van der Waals surface area contributed by atoms with Crippen LogP contribution >= 0.6 is 0 Å². The van der Waals surface area contributed by atoms with Gasteiger partial charge in [-0.25, -0.2) is 4.39 Å². The minimum Gasteiger partial charge on any atom is -0.497 e. The number of hydrogen-bond acceptors (Lipinski definition) is 3. The molecule has 3 aromatic rings. The standard InChI is InChI=1S/C31H35FO4/c1-19-13-25(19)26(17-30(33)34)21-7-6-8-23(15-21)36-18-20-9-11-24(28(14-20)31(2,3)4)27-16-22(35-5)10-12-29(27)32/h6-12,14-16,19,25-26H,13,17-18H2,1-5H3,(H,33,34)/t19-,25+,26+/m1/s1. The first-order valence-corrected chi connectivity index (χ1v) is 12.5. The Hall–Kier alpha value is -3.34. The molecule has 1 fully saturated rings. The summed E-state index contributed by atoms with van der Waals surface area (Å²) in [6.07, 6.45) is 1.20. The molecule has 1 N–H and O–H groups in total. The number of carboxylic acids is 1. The highest BCUT2D eigenvalue weighted by Crippen LogP contribution is 2.50. The summed E-state index contributed by atoms with van der Waals surface area (Å²) in [5.74, 6) is 1.25. The first kappa shape index (κ1) is 25.7. The van der Waals surface area contributed by atoms with Crippen molar-refractivity contribution in [2.24, 2.45) is 11.8 Å². The van der Waals surface area contributed by atoms with Crippen molar-refractivity contribution in [3.63, 3.8) is 0 Å². The van der Waals surface area contributed by atoms with E-state index in [0.29, 0.717) is 29.8 Å². The predicted octanol–water partition coefficient (Wildman–Crippen LogP) is 7.59. The average molecular weight is 491 g/mol. The highest BCUT2D eigenvalue weighted by molar-refractivity contribution is 5.71. The normalized spacial score (nSPS) is 17.9. The van der Waals surface area contributed by atoms with Gasteiger partial charge in [0.1, 0.15) is 23.9 Å². The topological polar surface area (TPSA) is 55.8 Å². The lowest BCUT2D eigenvalue weighted by atomic mass is 9.81. The van der Waals surface area contributed by atoms with Crippen LogP contribution in [-0.2, 0) is 16.8 Å². The Balaban J connectivity index is 1.58. The minimum atomic E-state index is -0.771. The van der Waals surface area contributed by atoms with Gasteiger partial charge in [-0.05, 0) is 82.2 Å². The number of carbonyl (C=O) groups is 1. The van der Waals surface area contributed by atoms with Crippen molar-refractivity contribution < 1.29 is 23.8 Å². The molecule has 1 aliphatic carbocycles. The first-order chi connectivity index (χ1) is 17.1. The third kappa shape index (κ3) is 5.89. The van der Waals surface area contributed by atoms with E-state index in [1.54, 1.807) is 19.2 Å². The zero-order valence-electron chi connectivity index (χ0n) is 21.7. The molecule has 0 saturated heterocycles. The van der Waals surface area contributed by atoms with Crippen molar-refractivity contribution in [3.05, 3.63) is 83.2 Å². The van der Waals surface area contributed by atoms with Crippen LogP contribution in [0.25, 0.3) is 11.1 Å². The summed E-state index contributed by atoms with van der Waals surface area (Å²) >= 11 is 0. The largest absolute Gasteiger partial charge is 0.497 e. The molecule has 4 rings (SSSR count). The van der Waals surface area contributed by atoms with Gasteiger partial charge in [-0.1, -0.05) is 58.0 Å². The van der Waals surface area contributed by atoms with E-state index >= 15 is 0 Å². The van der Waals surface area contributed by atoms with Crippen molar-refractivity contribution in [2.45, 2.75) is 58.5 Å². The Morgan fingerprint density at radius 1 is 1.06 bits per heavy atom. The summed E-state index contributed by atoms with van der Waals surface area (Å²) in [4.78, 5) is 11.5. The predicted molar refractivity (Wildman–Crippen MR) is 140 cm³/mol. The Kier molecular flexibility index (Phi) is 7.39. The third-order valence-corrected chi connectivity index (χ3v) is 7.13. The molecule has 190 valence electrons. The Morgan fingerprint density at radius 3 is 2.44 bits per heavy atom. The molecule has 36 heavy (non-hydrogen) atoms.